The van der Waals surface area contributed by atoms with Crippen LogP contribution >= 0.6 is 10.8 Å². The Morgan fingerprint density at radius 2 is 1.80 bits per heavy atom. The van der Waals surface area contributed by atoms with Gasteiger partial charge in [0.05, 0.1) is 0 Å². The van der Waals surface area contributed by atoms with Gasteiger partial charge in [-0.05, 0) is 25.9 Å². The summed E-state index contributed by atoms with van der Waals surface area (Å²) in [4.78, 5) is 0. The minimum absolute atomic E-state index is 0. The van der Waals surface area contributed by atoms with Gasteiger partial charge in [-0.1, -0.05) is 13.8 Å². The van der Waals surface area contributed by atoms with Crippen LogP contribution in [-0.2, 0) is 30.2 Å². The molecule has 98 valence electrons. The number of nitrogens with one attached hydrogen (secondary N) is 2. The molecule has 1 aliphatic heterocycles. The molecule has 0 saturated carbocycles. The van der Waals surface area contributed by atoms with E-state index in [1.54, 1.807) is 0 Å². The predicted octanol–water partition coefficient (Wildman–Crippen LogP) is 1.95. The van der Waals surface area contributed by atoms with E-state index in [1.807, 2.05) is 13.8 Å². The Morgan fingerprint density at radius 1 is 1.33 bits per heavy atom. The molecule has 0 aromatic heterocycles. The van der Waals surface area contributed by atoms with Gasteiger partial charge in [0.15, 0.2) is 0 Å². The molecule has 2 radical (unpaired) electrons. The third kappa shape index (κ3) is 14.2. The van der Waals surface area contributed by atoms with Crippen LogP contribution in [0.3, 0.4) is 0 Å². The molecule has 0 aliphatic carbocycles. The summed E-state index contributed by atoms with van der Waals surface area (Å²) >= 11 is 4.76. The standard InChI is InChI=1S/C6H14N2S2.C2H6.CH3.Es.V/c9-10-5-8-6-1-3-7-4-2-6;1-2;;;/h6-9H,1-5H2;1-2H3;1H3;;/q;;-1;;/p-1. The van der Waals surface area contributed by atoms with E-state index in [-0.39, 0.29) is 26.0 Å². The molecule has 2 nitrogen and oxygen atoms in total. The Kier molecular flexibility index (Phi) is 32.1. The van der Waals surface area contributed by atoms with Gasteiger partial charge in [-0.2, -0.15) is 0 Å². The number of rotatable bonds is 3. The molecule has 0 bridgehead atoms. The van der Waals surface area contributed by atoms with Crippen molar-refractivity contribution >= 4 is 22.5 Å². The van der Waals surface area contributed by atoms with E-state index in [4.69, 9.17) is 11.7 Å². The van der Waals surface area contributed by atoms with Crippen molar-refractivity contribution in [3.05, 3.63) is 7.43 Å². The zero-order chi connectivity index (χ0) is 9.23. The Morgan fingerprint density at radius 3 is 2.20 bits per heavy atom. The van der Waals surface area contributed by atoms with Crippen LogP contribution in [0.15, 0.2) is 0 Å². The number of piperidine rings is 1. The molecule has 6 heteroatoms. The molecule has 0 amide bonds. The van der Waals surface area contributed by atoms with Gasteiger partial charge < -0.3 is 40.5 Å². The first-order chi connectivity index (χ1) is 5.93. The molecular formula is C9H22EsN2S2V-2. The quantitative estimate of drug-likeness (QED) is 0.255. The number of hydrogen-bond donors (Lipinski definition) is 2. The zero-order valence-electron chi connectivity index (χ0n) is 9.68. The Balaban J connectivity index is -0.000000114. The van der Waals surface area contributed by atoms with Crippen molar-refractivity contribution in [3.8, 4) is 0 Å². The summed E-state index contributed by atoms with van der Waals surface area (Å²) in [6.45, 7) is 6.31. The Bertz CT molecular complexity index is 96.2. The van der Waals surface area contributed by atoms with Crippen LogP contribution in [0.2, 0.25) is 0 Å². The maximum atomic E-state index is 4.76. The summed E-state index contributed by atoms with van der Waals surface area (Å²) in [6, 6.07) is 0.705. The Labute approximate surface area is 110 Å². The molecule has 0 atom stereocenters. The van der Waals surface area contributed by atoms with Crippen molar-refractivity contribution in [1.29, 1.82) is 0 Å². The second-order valence-electron chi connectivity index (χ2n) is 2.49. The largest absolute Gasteiger partial charge is 0.718 e. The molecule has 0 spiro atoms. The van der Waals surface area contributed by atoms with Gasteiger partial charge in [0.2, 0.25) is 0 Å². The average Bonchev–Trinajstić information content (AvgIpc) is 2.19. The van der Waals surface area contributed by atoms with E-state index in [0.717, 1.165) is 19.0 Å². The fourth-order valence-electron chi connectivity index (χ4n) is 1.18. The van der Waals surface area contributed by atoms with E-state index in [1.165, 1.54) is 23.6 Å². The van der Waals surface area contributed by atoms with Crippen LogP contribution in [0.25, 0.3) is 0 Å². The summed E-state index contributed by atoms with van der Waals surface area (Å²) in [6.07, 6.45) is 2.49. The summed E-state index contributed by atoms with van der Waals surface area (Å²) in [7, 11) is 1.45. The minimum atomic E-state index is 0. The molecule has 1 aliphatic rings. The summed E-state index contributed by atoms with van der Waals surface area (Å²) in [5, 5.41) is 6.71. The average molecular weight is 525 g/mol. The molecule has 2 N–H and O–H groups in total. The predicted molar refractivity (Wildman–Crippen MR) is 66.6 cm³/mol. The van der Waals surface area contributed by atoms with Gasteiger partial charge in [-0.3, -0.25) is 0 Å². The fraction of sp³-hybridized carbons (Fsp3) is 0.889. The third-order valence-electron chi connectivity index (χ3n) is 1.77. The monoisotopic (exact) mass is 525 g/mol. The van der Waals surface area contributed by atoms with E-state index < -0.39 is 0 Å². The van der Waals surface area contributed by atoms with Crippen LogP contribution in [0.1, 0.15) is 26.7 Å². The summed E-state index contributed by atoms with van der Waals surface area (Å²) in [5.74, 6) is 0.917. The van der Waals surface area contributed by atoms with Crippen LogP contribution < -0.4 is 10.6 Å². The summed E-state index contributed by atoms with van der Waals surface area (Å²) in [5.41, 5.74) is 0. The molecule has 1 heterocycles. The third-order valence-corrected chi connectivity index (χ3v) is 2.41. The molecule has 0 unspecified atom stereocenters. The van der Waals surface area contributed by atoms with Gasteiger partial charge in [0.25, 0.3) is 0 Å². The van der Waals surface area contributed by atoms with Gasteiger partial charge in [-0.15, -0.1) is 0 Å². The number of hydrogen-bond acceptors (Lipinski definition) is 4. The van der Waals surface area contributed by atoms with Crippen LogP contribution in [0, 0.1) is 7.43 Å². The molecule has 0 aromatic carbocycles. The van der Waals surface area contributed by atoms with Crippen molar-refractivity contribution in [2.75, 3.05) is 19.0 Å². The Hall–Kier alpha value is 0.204. The van der Waals surface area contributed by atoms with Crippen molar-refractivity contribution in [2.45, 2.75) is 32.7 Å². The van der Waals surface area contributed by atoms with E-state index in [0.29, 0.717) is 6.04 Å². The van der Waals surface area contributed by atoms with Crippen molar-refractivity contribution < 1.29 is 18.6 Å². The van der Waals surface area contributed by atoms with Crippen molar-refractivity contribution in [1.82, 2.24) is 10.6 Å². The van der Waals surface area contributed by atoms with Gasteiger partial charge in [-0.25, -0.2) is 0 Å². The first-order valence-electron chi connectivity index (χ1n) is 4.62. The molecule has 1 saturated heterocycles. The first-order valence-corrected chi connectivity index (χ1v) is 6.53. The van der Waals surface area contributed by atoms with Crippen molar-refractivity contribution in [3.63, 3.8) is 0 Å². The fourth-order valence-corrected chi connectivity index (χ4v) is 1.69. The SMILES string of the molecule is CC.[CH3-].[Es].[S-]SCNC1CCNCC1.[V]. The minimum Gasteiger partial charge on any atom is -0.718 e. The van der Waals surface area contributed by atoms with Crippen LogP contribution in [0.4, 0.5) is 0 Å². The maximum absolute atomic E-state index is 4.76. The van der Waals surface area contributed by atoms with Crippen LogP contribution in [-0.4, -0.2) is 25.0 Å². The van der Waals surface area contributed by atoms with E-state index in [9.17, 15) is 0 Å². The maximum Gasteiger partial charge on any atom is 0.0187 e. The molecule has 0 aromatic rings. The topological polar surface area (TPSA) is 24.1 Å². The van der Waals surface area contributed by atoms with Crippen molar-refractivity contribution in [2.24, 2.45) is 0 Å². The molecular weight excluding hydrogens is 503 g/mol. The van der Waals surface area contributed by atoms with Gasteiger partial charge in [0, 0.05) is 30.5 Å². The molecule has 1 rings (SSSR count). The smallest absolute Gasteiger partial charge is 0.0187 e. The second-order valence-corrected chi connectivity index (χ2v) is 3.72. The normalized spacial score (nSPS) is 14.6. The second kappa shape index (κ2) is 19.7. The summed E-state index contributed by atoms with van der Waals surface area (Å²) < 4.78 is 0. The van der Waals surface area contributed by atoms with Crippen LogP contribution in [0.5, 0.6) is 0 Å². The molecule has 15 heavy (non-hydrogen) atoms. The van der Waals surface area contributed by atoms with E-state index >= 15 is 0 Å². The van der Waals surface area contributed by atoms with E-state index in [2.05, 4.69) is 10.6 Å². The van der Waals surface area contributed by atoms with Gasteiger partial charge >= 0.3 is 0 Å². The molecule has 1 fully saturated rings. The first kappa shape index (κ1) is 24.4. The zero-order valence-corrected chi connectivity index (χ0v) is 15.2. The van der Waals surface area contributed by atoms with Gasteiger partial charge in [0.1, 0.15) is 0 Å².